The minimum Gasteiger partial charge on any atom is -0.282 e. The van der Waals surface area contributed by atoms with Crippen LogP contribution in [0.3, 0.4) is 0 Å². The van der Waals surface area contributed by atoms with Crippen LogP contribution in [0.25, 0.3) is 0 Å². The fourth-order valence-corrected chi connectivity index (χ4v) is 2.83. The number of thioether (sulfide) groups is 1. The summed E-state index contributed by atoms with van der Waals surface area (Å²) >= 11 is 1.49. The van der Waals surface area contributed by atoms with E-state index in [0.29, 0.717) is 5.57 Å². The summed E-state index contributed by atoms with van der Waals surface area (Å²) in [5.41, 5.74) is 0.678. The van der Waals surface area contributed by atoms with Crippen molar-refractivity contribution in [3.05, 3.63) is 12.2 Å². The molecule has 1 rings (SSSR count). The number of carbonyl (C=O) groups is 1. The molecule has 0 unspecified atom stereocenters. The Morgan fingerprint density at radius 2 is 1.85 bits per heavy atom. The van der Waals surface area contributed by atoms with Crippen LogP contribution in [0.4, 0.5) is 0 Å². The first-order valence-corrected chi connectivity index (χ1v) is 5.74. The summed E-state index contributed by atoms with van der Waals surface area (Å²) in [6, 6.07) is 0. The molecule has 74 valence electrons. The molecule has 0 N–H and O–H groups in total. The number of carbonyl (C=O) groups excluding carboxylic acids is 1. The Morgan fingerprint density at radius 3 is 2.31 bits per heavy atom. The fraction of sp³-hybridized carbons (Fsp3) is 0.727. The van der Waals surface area contributed by atoms with Crippen molar-refractivity contribution in [3.8, 4) is 0 Å². The molecule has 0 aromatic carbocycles. The third kappa shape index (κ3) is 3.18. The van der Waals surface area contributed by atoms with Crippen LogP contribution < -0.4 is 0 Å². The van der Waals surface area contributed by atoms with Gasteiger partial charge in [0.15, 0.2) is 0 Å². The van der Waals surface area contributed by atoms with E-state index in [4.69, 9.17) is 0 Å². The lowest BCUT2D eigenvalue weighted by Gasteiger charge is -2.31. The molecule has 0 radical (unpaired) electrons. The van der Waals surface area contributed by atoms with Crippen molar-refractivity contribution in [2.75, 3.05) is 0 Å². The first-order chi connectivity index (χ1) is 6.03. The van der Waals surface area contributed by atoms with Gasteiger partial charge in [-0.15, -0.1) is 0 Å². The Kier molecular flexibility index (Phi) is 3.60. The minimum absolute atomic E-state index is 0.171. The van der Waals surface area contributed by atoms with Crippen LogP contribution >= 0.6 is 11.8 Å². The number of hydrogen-bond acceptors (Lipinski definition) is 2. The summed E-state index contributed by atoms with van der Waals surface area (Å²) < 4.78 is 0.189. The average molecular weight is 198 g/mol. The van der Waals surface area contributed by atoms with Crippen LogP contribution in [0.5, 0.6) is 0 Å². The number of hydrogen-bond donors (Lipinski definition) is 0. The van der Waals surface area contributed by atoms with Crippen molar-refractivity contribution in [2.45, 2.75) is 50.7 Å². The molecule has 0 aromatic heterocycles. The summed E-state index contributed by atoms with van der Waals surface area (Å²) in [7, 11) is 0. The Balaban J connectivity index is 2.50. The second-order valence-corrected chi connectivity index (χ2v) is 5.74. The minimum atomic E-state index is 0.171. The van der Waals surface area contributed by atoms with Crippen LogP contribution in [0.1, 0.15) is 46.0 Å². The van der Waals surface area contributed by atoms with E-state index < -0.39 is 0 Å². The molecule has 0 aromatic rings. The van der Waals surface area contributed by atoms with Gasteiger partial charge < -0.3 is 0 Å². The number of rotatable bonds is 2. The van der Waals surface area contributed by atoms with Crippen molar-refractivity contribution in [3.63, 3.8) is 0 Å². The molecule has 0 atom stereocenters. The SMILES string of the molecule is C=C(C)C(=O)SC1(C)CCCCC1. The lowest BCUT2D eigenvalue weighted by Crippen LogP contribution is -2.25. The van der Waals surface area contributed by atoms with Crippen molar-refractivity contribution in [2.24, 2.45) is 0 Å². The van der Waals surface area contributed by atoms with E-state index in [2.05, 4.69) is 13.5 Å². The predicted octanol–water partition coefficient (Wildman–Crippen LogP) is 3.55. The Morgan fingerprint density at radius 1 is 1.31 bits per heavy atom. The molecule has 1 saturated carbocycles. The maximum Gasteiger partial charge on any atom is 0.214 e. The quantitative estimate of drug-likeness (QED) is 0.631. The van der Waals surface area contributed by atoms with Gasteiger partial charge in [0.2, 0.25) is 5.12 Å². The average Bonchev–Trinajstić information content (AvgIpc) is 2.04. The molecule has 0 amide bonds. The van der Waals surface area contributed by atoms with Crippen LogP contribution in [0.2, 0.25) is 0 Å². The van der Waals surface area contributed by atoms with Gasteiger partial charge in [-0.25, -0.2) is 0 Å². The summed E-state index contributed by atoms with van der Waals surface area (Å²) in [4.78, 5) is 11.5. The smallest absolute Gasteiger partial charge is 0.214 e. The Labute approximate surface area is 85.0 Å². The van der Waals surface area contributed by atoms with E-state index in [0.717, 1.165) is 0 Å². The molecule has 1 fully saturated rings. The Bertz CT molecular complexity index is 214. The first-order valence-electron chi connectivity index (χ1n) is 4.92. The molecule has 0 spiro atoms. The first kappa shape index (κ1) is 10.8. The normalized spacial score (nSPS) is 21.1. The molecule has 13 heavy (non-hydrogen) atoms. The lowest BCUT2D eigenvalue weighted by atomic mass is 9.90. The molecule has 0 heterocycles. The molecule has 0 saturated heterocycles. The highest BCUT2D eigenvalue weighted by Gasteiger charge is 2.30. The molecular formula is C11H18OS. The molecule has 0 bridgehead atoms. The van der Waals surface area contributed by atoms with Crippen LogP contribution in [0.15, 0.2) is 12.2 Å². The van der Waals surface area contributed by atoms with Crippen molar-refractivity contribution in [1.29, 1.82) is 0 Å². The zero-order valence-electron chi connectivity index (χ0n) is 8.56. The summed E-state index contributed by atoms with van der Waals surface area (Å²) in [5, 5.41) is 0.171. The fourth-order valence-electron chi connectivity index (χ4n) is 1.71. The second-order valence-electron chi connectivity index (χ2n) is 4.18. The van der Waals surface area contributed by atoms with Gasteiger partial charge in [0.1, 0.15) is 0 Å². The highest BCUT2D eigenvalue weighted by atomic mass is 32.2. The largest absolute Gasteiger partial charge is 0.282 e. The van der Waals surface area contributed by atoms with E-state index in [-0.39, 0.29) is 9.86 Å². The maximum absolute atomic E-state index is 11.5. The summed E-state index contributed by atoms with van der Waals surface area (Å²) in [6.07, 6.45) is 6.23. The van der Waals surface area contributed by atoms with Gasteiger partial charge in [0.25, 0.3) is 0 Å². The molecule has 1 nitrogen and oxygen atoms in total. The maximum atomic E-state index is 11.5. The second kappa shape index (κ2) is 4.32. The van der Waals surface area contributed by atoms with Crippen molar-refractivity contribution < 1.29 is 4.79 Å². The molecular weight excluding hydrogens is 180 g/mol. The highest BCUT2D eigenvalue weighted by molar-refractivity contribution is 8.15. The monoisotopic (exact) mass is 198 g/mol. The standard InChI is InChI=1S/C11H18OS/c1-9(2)10(12)13-11(3)7-5-4-6-8-11/h1,4-8H2,2-3H3. The van der Waals surface area contributed by atoms with Crippen molar-refractivity contribution in [1.82, 2.24) is 0 Å². The summed E-state index contributed by atoms with van der Waals surface area (Å²) in [5.74, 6) is 0. The molecule has 1 aliphatic rings. The predicted molar refractivity (Wildman–Crippen MR) is 58.9 cm³/mol. The zero-order chi connectivity index (χ0) is 9.90. The van der Waals surface area contributed by atoms with E-state index >= 15 is 0 Å². The molecule has 1 aliphatic carbocycles. The van der Waals surface area contributed by atoms with E-state index in [9.17, 15) is 4.79 Å². The van der Waals surface area contributed by atoms with E-state index in [1.54, 1.807) is 6.92 Å². The highest BCUT2D eigenvalue weighted by Crippen LogP contribution is 2.40. The van der Waals surface area contributed by atoms with Gasteiger partial charge >= 0.3 is 0 Å². The van der Waals surface area contributed by atoms with Crippen LogP contribution in [-0.2, 0) is 4.79 Å². The molecule has 0 aliphatic heterocycles. The third-order valence-electron chi connectivity index (χ3n) is 2.60. The van der Waals surface area contributed by atoms with Gasteiger partial charge in [0.05, 0.1) is 0 Å². The third-order valence-corrected chi connectivity index (χ3v) is 4.03. The van der Waals surface area contributed by atoms with Gasteiger partial charge in [-0.2, -0.15) is 0 Å². The lowest BCUT2D eigenvalue weighted by molar-refractivity contribution is -0.107. The van der Waals surface area contributed by atoms with E-state index in [1.807, 2.05) is 0 Å². The van der Waals surface area contributed by atoms with Gasteiger partial charge in [-0.05, 0) is 32.3 Å². The van der Waals surface area contributed by atoms with Gasteiger partial charge in [-0.3, -0.25) is 4.79 Å². The zero-order valence-corrected chi connectivity index (χ0v) is 9.38. The topological polar surface area (TPSA) is 17.1 Å². The van der Waals surface area contributed by atoms with E-state index in [1.165, 1.54) is 43.9 Å². The van der Waals surface area contributed by atoms with Crippen molar-refractivity contribution >= 4 is 16.9 Å². The molecule has 2 heteroatoms. The van der Waals surface area contributed by atoms with Gasteiger partial charge in [-0.1, -0.05) is 37.6 Å². The summed E-state index contributed by atoms with van der Waals surface area (Å²) in [6.45, 7) is 7.68. The van der Waals surface area contributed by atoms with Gasteiger partial charge in [0, 0.05) is 4.75 Å². The van der Waals surface area contributed by atoms with Crippen LogP contribution in [0, 0.1) is 0 Å². The van der Waals surface area contributed by atoms with Crippen LogP contribution in [-0.4, -0.2) is 9.86 Å². The Hall–Kier alpha value is -0.240.